The second-order valence-corrected chi connectivity index (χ2v) is 12.8. The first kappa shape index (κ1) is 30.3. The van der Waals surface area contributed by atoms with E-state index in [2.05, 4.69) is 5.32 Å². The highest BCUT2D eigenvalue weighted by molar-refractivity contribution is 7.92. The number of amides is 2. The van der Waals surface area contributed by atoms with Crippen LogP contribution in [0, 0.1) is 6.92 Å². The lowest BCUT2D eigenvalue weighted by Gasteiger charge is -2.31. The van der Waals surface area contributed by atoms with Gasteiger partial charge in [-0.3, -0.25) is 13.9 Å². The minimum atomic E-state index is -3.60. The number of hydrogen-bond donors (Lipinski definition) is 1. The van der Waals surface area contributed by atoms with Crippen molar-refractivity contribution in [2.24, 2.45) is 0 Å². The monoisotopic (exact) mass is 581 g/mol. The van der Waals surface area contributed by atoms with Gasteiger partial charge >= 0.3 is 0 Å². The van der Waals surface area contributed by atoms with E-state index >= 15 is 0 Å². The molecule has 1 atom stereocenters. The van der Waals surface area contributed by atoms with Crippen molar-refractivity contribution in [1.82, 2.24) is 10.2 Å². The molecule has 2 aromatic carbocycles. The minimum absolute atomic E-state index is 0.0766. The average Bonchev–Trinajstić information content (AvgIpc) is 2.86. The molecule has 0 saturated heterocycles. The Kier molecular flexibility index (Phi) is 10.9. The van der Waals surface area contributed by atoms with Crippen LogP contribution in [0.15, 0.2) is 42.5 Å². The maximum atomic E-state index is 13.5. The van der Waals surface area contributed by atoms with Crippen LogP contribution in [0.2, 0.25) is 10.0 Å². The van der Waals surface area contributed by atoms with Gasteiger partial charge in [-0.05, 0) is 68.5 Å². The highest BCUT2D eigenvalue weighted by Crippen LogP contribution is 2.27. The summed E-state index contributed by atoms with van der Waals surface area (Å²) in [5.74, 6) is -0.410. The molecule has 2 amide bonds. The standard InChI is InChI=1S/C28H37Cl2N3O4S/c1-20-14-15-24(30)18-26(20)33(38(3,36)37)16-8-13-27(34)32(19-22-9-7-10-23(29)17-22)21(2)28(35)31-25-11-5-4-6-12-25/h7,9-10,14-15,17-18,21,25H,4-6,8,11-13,16,19H2,1-3H3,(H,31,35)/t21-/m1/s1. The lowest BCUT2D eigenvalue weighted by molar-refractivity contribution is -0.141. The molecule has 1 saturated carbocycles. The molecule has 0 heterocycles. The SMILES string of the molecule is Cc1ccc(Cl)cc1N(CCCC(=O)N(Cc1cccc(Cl)c1)[C@H](C)C(=O)NC1CCCCC1)S(C)(=O)=O. The zero-order chi connectivity index (χ0) is 27.9. The van der Waals surface area contributed by atoms with Crippen molar-refractivity contribution >= 4 is 50.7 Å². The maximum absolute atomic E-state index is 13.5. The summed E-state index contributed by atoms with van der Waals surface area (Å²) in [7, 11) is -3.60. The molecule has 0 spiro atoms. The van der Waals surface area contributed by atoms with E-state index in [-0.39, 0.29) is 43.8 Å². The first-order valence-electron chi connectivity index (χ1n) is 13.0. The van der Waals surface area contributed by atoms with Crippen LogP contribution in [0.3, 0.4) is 0 Å². The van der Waals surface area contributed by atoms with Crippen LogP contribution >= 0.6 is 23.2 Å². The molecule has 1 aliphatic carbocycles. The summed E-state index contributed by atoms with van der Waals surface area (Å²) >= 11 is 12.3. The van der Waals surface area contributed by atoms with Crippen molar-refractivity contribution in [2.45, 2.75) is 77.4 Å². The summed E-state index contributed by atoms with van der Waals surface area (Å²) in [6, 6.07) is 11.7. The topological polar surface area (TPSA) is 86.8 Å². The third-order valence-corrected chi connectivity index (χ3v) is 8.60. The molecule has 1 aliphatic rings. The number of carbonyl (C=O) groups excluding carboxylic acids is 2. The Morgan fingerprint density at radius 2 is 1.74 bits per heavy atom. The number of halogens is 2. The molecule has 1 fully saturated rings. The number of anilines is 1. The molecular weight excluding hydrogens is 545 g/mol. The van der Waals surface area contributed by atoms with E-state index < -0.39 is 16.1 Å². The van der Waals surface area contributed by atoms with Crippen molar-refractivity contribution in [3.63, 3.8) is 0 Å². The molecule has 0 radical (unpaired) electrons. The van der Waals surface area contributed by atoms with Crippen molar-refractivity contribution in [3.05, 3.63) is 63.6 Å². The molecule has 0 bridgehead atoms. The normalized spacial score (nSPS) is 15.1. The molecule has 3 rings (SSSR count). The zero-order valence-corrected chi connectivity index (χ0v) is 24.6. The van der Waals surface area contributed by atoms with Gasteiger partial charge in [-0.25, -0.2) is 8.42 Å². The van der Waals surface area contributed by atoms with Crippen molar-refractivity contribution in [3.8, 4) is 0 Å². The number of hydrogen-bond acceptors (Lipinski definition) is 4. The Morgan fingerprint density at radius 3 is 2.39 bits per heavy atom. The van der Waals surface area contributed by atoms with Crippen molar-refractivity contribution in [1.29, 1.82) is 0 Å². The van der Waals surface area contributed by atoms with E-state index in [9.17, 15) is 18.0 Å². The van der Waals surface area contributed by atoms with Gasteiger partial charge < -0.3 is 10.2 Å². The summed E-state index contributed by atoms with van der Waals surface area (Å²) in [6.45, 7) is 3.88. The van der Waals surface area contributed by atoms with Crippen molar-refractivity contribution in [2.75, 3.05) is 17.1 Å². The molecule has 10 heteroatoms. The third kappa shape index (κ3) is 8.61. The van der Waals surface area contributed by atoms with Gasteiger partial charge in [-0.1, -0.05) is 60.7 Å². The largest absolute Gasteiger partial charge is 0.352 e. The van der Waals surface area contributed by atoms with E-state index in [4.69, 9.17) is 23.2 Å². The Bertz CT molecular complexity index is 1230. The Morgan fingerprint density at radius 1 is 1.05 bits per heavy atom. The van der Waals surface area contributed by atoms with Crippen LogP contribution in [0.25, 0.3) is 0 Å². The van der Waals surface area contributed by atoms with Gasteiger partial charge in [0.25, 0.3) is 0 Å². The van der Waals surface area contributed by atoms with E-state index in [0.29, 0.717) is 15.7 Å². The summed E-state index contributed by atoms with van der Waals surface area (Å²) in [6.07, 6.45) is 6.75. The summed E-state index contributed by atoms with van der Waals surface area (Å²) in [5, 5.41) is 4.10. The predicted molar refractivity (Wildman–Crippen MR) is 154 cm³/mol. The Labute approximate surface area is 236 Å². The molecule has 0 aromatic heterocycles. The number of nitrogens with zero attached hydrogens (tertiary/aromatic N) is 2. The lowest BCUT2D eigenvalue weighted by atomic mass is 9.95. The van der Waals surface area contributed by atoms with E-state index in [1.165, 1.54) is 10.7 Å². The third-order valence-electron chi connectivity index (χ3n) is 6.95. The molecule has 2 aromatic rings. The Balaban J connectivity index is 1.74. The molecule has 208 valence electrons. The second kappa shape index (κ2) is 13.7. The van der Waals surface area contributed by atoms with Crippen molar-refractivity contribution < 1.29 is 18.0 Å². The number of sulfonamides is 1. The van der Waals surface area contributed by atoms with Gasteiger partial charge in [0.2, 0.25) is 21.8 Å². The molecule has 0 aliphatic heterocycles. The second-order valence-electron chi connectivity index (χ2n) is 10.0. The van der Waals surface area contributed by atoms with Crippen LogP contribution < -0.4 is 9.62 Å². The number of rotatable bonds is 11. The van der Waals surface area contributed by atoms with Crippen LogP contribution in [-0.2, 0) is 26.2 Å². The molecule has 38 heavy (non-hydrogen) atoms. The number of benzene rings is 2. The fourth-order valence-corrected chi connectivity index (χ4v) is 6.21. The Hall–Kier alpha value is -2.29. The highest BCUT2D eigenvalue weighted by atomic mass is 35.5. The van der Waals surface area contributed by atoms with E-state index in [1.807, 2.05) is 19.1 Å². The summed E-state index contributed by atoms with van der Waals surface area (Å²) in [4.78, 5) is 28.2. The maximum Gasteiger partial charge on any atom is 0.242 e. The van der Waals surface area contributed by atoms with Gasteiger partial charge in [0.15, 0.2) is 0 Å². The zero-order valence-electron chi connectivity index (χ0n) is 22.3. The fraction of sp³-hybridized carbons (Fsp3) is 0.500. The van der Waals surface area contributed by atoms with Crippen LogP contribution in [0.1, 0.15) is 63.0 Å². The summed E-state index contributed by atoms with van der Waals surface area (Å²) < 4.78 is 26.5. The summed E-state index contributed by atoms with van der Waals surface area (Å²) in [5.41, 5.74) is 2.07. The lowest BCUT2D eigenvalue weighted by Crippen LogP contribution is -2.50. The molecule has 7 nitrogen and oxygen atoms in total. The quantitative estimate of drug-likeness (QED) is 0.368. The van der Waals surface area contributed by atoms with Gasteiger partial charge in [0.1, 0.15) is 6.04 Å². The number of carbonyl (C=O) groups is 2. The minimum Gasteiger partial charge on any atom is -0.352 e. The van der Waals surface area contributed by atoms with Gasteiger partial charge in [0.05, 0.1) is 11.9 Å². The van der Waals surface area contributed by atoms with Gasteiger partial charge in [0, 0.05) is 35.6 Å². The fourth-order valence-electron chi connectivity index (χ4n) is 4.82. The van der Waals surface area contributed by atoms with E-state index in [0.717, 1.165) is 43.1 Å². The van der Waals surface area contributed by atoms with Crippen LogP contribution in [-0.4, -0.2) is 50.0 Å². The van der Waals surface area contributed by atoms with Gasteiger partial charge in [-0.15, -0.1) is 0 Å². The molecular formula is C28H37Cl2N3O4S. The first-order valence-corrected chi connectivity index (χ1v) is 15.6. The number of nitrogens with one attached hydrogen (secondary N) is 1. The van der Waals surface area contributed by atoms with Gasteiger partial charge in [-0.2, -0.15) is 0 Å². The van der Waals surface area contributed by atoms with Crippen LogP contribution in [0.5, 0.6) is 0 Å². The smallest absolute Gasteiger partial charge is 0.242 e. The van der Waals surface area contributed by atoms with E-state index in [1.54, 1.807) is 42.2 Å². The molecule has 1 N–H and O–H groups in total. The highest BCUT2D eigenvalue weighted by Gasteiger charge is 2.28. The van der Waals surface area contributed by atoms with Crippen LogP contribution in [0.4, 0.5) is 5.69 Å². The predicted octanol–water partition coefficient (Wildman–Crippen LogP) is 5.71. The first-order chi connectivity index (χ1) is 18.0. The number of aryl methyl sites for hydroxylation is 1. The average molecular weight is 583 g/mol. The molecule has 0 unspecified atom stereocenters.